The van der Waals surface area contributed by atoms with Crippen molar-refractivity contribution >= 4 is 32.7 Å². The van der Waals surface area contributed by atoms with Crippen molar-refractivity contribution in [1.29, 1.82) is 0 Å². The first-order chi connectivity index (χ1) is 12.6. The summed E-state index contributed by atoms with van der Waals surface area (Å²) in [4.78, 5) is 19.9. The summed E-state index contributed by atoms with van der Waals surface area (Å²) in [6.45, 7) is 3.73. The molecule has 2 heterocycles. The third kappa shape index (κ3) is 2.66. The van der Waals surface area contributed by atoms with Crippen LogP contribution < -0.4 is 15.2 Å². The molecule has 4 N–H and O–H groups in total. The number of primary sulfonamides is 1. The van der Waals surface area contributed by atoms with E-state index in [1.165, 1.54) is 19.2 Å². The summed E-state index contributed by atoms with van der Waals surface area (Å²) in [5.74, 6) is 0.808. The van der Waals surface area contributed by atoms with Crippen LogP contribution in [0.5, 0.6) is 5.75 Å². The van der Waals surface area contributed by atoms with Crippen LogP contribution in [0.4, 0.5) is 5.69 Å². The molecule has 1 aliphatic rings. The number of benzene rings is 2. The number of H-pyrrole nitrogens is 1. The topological polar surface area (TPSA) is 127 Å². The standard InChI is InChI=1S/C18H18N4O4S/c1-18(2)11-7-13-14(8-12(11)22-17(18)23)21-16(20-13)10-5-4-9(27(19,24)25)6-15(10)26-3/h4-8H,1-3H3,(H,20,21)(H,22,23)(H2,19,24,25). The zero-order valence-electron chi connectivity index (χ0n) is 15.0. The molecule has 140 valence electrons. The lowest BCUT2D eigenvalue weighted by molar-refractivity contribution is -0.119. The first-order valence-electron chi connectivity index (χ1n) is 8.18. The van der Waals surface area contributed by atoms with Crippen molar-refractivity contribution in [3.63, 3.8) is 0 Å². The van der Waals surface area contributed by atoms with Crippen LogP contribution in [0.3, 0.4) is 0 Å². The number of aromatic nitrogens is 2. The van der Waals surface area contributed by atoms with Crippen LogP contribution in [0.2, 0.25) is 0 Å². The number of carbonyl (C=O) groups is 1. The Bertz CT molecular complexity index is 1210. The molecule has 0 saturated heterocycles. The molecule has 0 radical (unpaired) electrons. The second-order valence-electron chi connectivity index (χ2n) is 6.99. The van der Waals surface area contributed by atoms with Crippen LogP contribution in [0.1, 0.15) is 19.4 Å². The van der Waals surface area contributed by atoms with Gasteiger partial charge in [0, 0.05) is 11.8 Å². The Kier molecular flexibility index (Phi) is 3.59. The van der Waals surface area contributed by atoms with Crippen LogP contribution in [0, 0.1) is 0 Å². The second-order valence-corrected chi connectivity index (χ2v) is 8.55. The average Bonchev–Trinajstić information content (AvgIpc) is 3.10. The number of carbonyl (C=O) groups excluding carboxylic acids is 1. The average molecular weight is 386 g/mol. The van der Waals surface area contributed by atoms with Crippen LogP contribution >= 0.6 is 0 Å². The second kappa shape index (κ2) is 5.54. The Morgan fingerprint density at radius 1 is 1.19 bits per heavy atom. The van der Waals surface area contributed by atoms with Crippen molar-refractivity contribution < 1.29 is 17.9 Å². The van der Waals surface area contributed by atoms with Gasteiger partial charge in [0.2, 0.25) is 15.9 Å². The van der Waals surface area contributed by atoms with Crippen LogP contribution in [0.15, 0.2) is 35.2 Å². The maximum atomic E-state index is 12.1. The molecule has 3 aromatic rings. The maximum absolute atomic E-state index is 12.1. The molecule has 1 aliphatic heterocycles. The minimum absolute atomic E-state index is 0.0392. The molecular formula is C18H18N4O4S. The van der Waals surface area contributed by atoms with Gasteiger partial charge in [-0.25, -0.2) is 18.5 Å². The number of nitrogens with one attached hydrogen (secondary N) is 2. The summed E-state index contributed by atoms with van der Waals surface area (Å²) >= 11 is 0. The van der Waals surface area contributed by atoms with Gasteiger partial charge >= 0.3 is 0 Å². The highest BCUT2D eigenvalue weighted by atomic mass is 32.2. The van der Waals surface area contributed by atoms with E-state index in [0.29, 0.717) is 22.7 Å². The molecule has 0 fully saturated rings. The summed E-state index contributed by atoms with van der Waals surface area (Å²) < 4.78 is 28.4. The SMILES string of the molecule is COc1cc(S(N)(=O)=O)ccc1-c1nc2cc3c(cc2[nH]1)NC(=O)C3(C)C. The van der Waals surface area contributed by atoms with E-state index in [9.17, 15) is 13.2 Å². The fourth-order valence-electron chi connectivity index (χ4n) is 3.25. The van der Waals surface area contributed by atoms with E-state index < -0.39 is 15.4 Å². The lowest BCUT2D eigenvalue weighted by Crippen LogP contribution is -2.26. The molecule has 9 heteroatoms. The van der Waals surface area contributed by atoms with E-state index in [0.717, 1.165) is 16.8 Å². The number of methoxy groups -OCH3 is 1. The first-order valence-corrected chi connectivity index (χ1v) is 9.73. The molecule has 1 amide bonds. The summed E-state index contributed by atoms with van der Waals surface area (Å²) in [5, 5.41) is 8.06. The van der Waals surface area contributed by atoms with Gasteiger partial charge in [-0.05, 0) is 43.7 Å². The monoisotopic (exact) mass is 386 g/mol. The number of rotatable bonds is 3. The van der Waals surface area contributed by atoms with E-state index in [-0.39, 0.29) is 10.8 Å². The Morgan fingerprint density at radius 2 is 1.93 bits per heavy atom. The predicted molar refractivity (Wildman–Crippen MR) is 101 cm³/mol. The number of amides is 1. The van der Waals surface area contributed by atoms with Crippen LogP contribution in [-0.2, 0) is 20.2 Å². The highest BCUT2D eigenvalue weighted by Gasteiger charge is 2.38. The number of hydrogen-bond acceptors (Lipinski definition) is 5. The molecular weight excluding hydrogens is 368 g/mol. The Morgan fingerprint density at radius 3 is 2.59 bits per heavy atom. The van der Waals surface area contributed by atoms with Gasteiger partial charge in [-0.1, -0.05) is 0 Å². The lowest BCUT2D eigenvalue weighted by Gasteiger charge is -2.14. The van der Waals surface area contributed by atoms with Gasteiger partial charge in [-0.15, -0.1) is 0 Å². The van der Waals surface area contributed by atoms with Crippen molar-refractivity contribution in [2.75, 3.05) is 12.4 Å². The van der Waals surface area contributed by atoms with Gasteiger partial charge in [0.1, 0.15) is 11.6 Å². The maximum Gasteiger partial charge on any atom is 0.238 e. The van der Waals surface area contributed by atoms with Crippen molar-refractivity contribution in [2.24, 2.45) is 5.14 Å². The molecule has 0 unspecified atom stereocenters. The van der Waals surface area contributed by atoms with E-state index in [1.54, 1.807) is 6.07 Å². The number of ether oxygens (including phenoxy) is 1. The summed E-state index contributed by atoms with van der Waals surface area (Å²) in [6.07, 6.45) is 0. The summed E-state index contributed by atoms with van der Waals surface area (Å²) in [7, 11) is -2.39. The van der Waals surface area contributed by atoms with Crippen molar-refractivity contribution in [3.8, 4) is 17.1 Å². The van der Waals surface area contributed by atoms with Crippen LogP contribution in [0.25, 0.3) is 22.4 Å². The molecule has 0 bridgehead atoms. The number of aromatic amines is 1. The lowest BCUT2D eigenvalue weighted by atomic mass is 9.86. The number of nitrogens with two attached hydrogens (primary N) is 1. The first kappa shape index (κ1) is 17.5. The Balaban J connectivity index is 1.86. The van der Waals surface area contributed by atoms with Crippen molar-refractivity contribution in [1.82, 2.24) is 9.97 Å². The minimum atomic E-state index is -3.84. The van der Waals surface area contributed by atoms with Gasteiger partial charge in [0.25, 0.3) is 0 Å². The molecule has 0 spiro atoms. The molecule has 8 nitrogen and oxygen atoms in total. The van der Waals surface area contributed by atoms with E-state index in [1.807, 2.05) is 26.0 Å². The smallest absolute Gasteiger partial charge is 0.238 e. The predicted octanol–water partition coefficient (Wildman–Crippen LogP) is 2.12. The molecule has 0 atom stereocenters. The molecule has 27 heavy (non-hydrogen) atoms. The van der Waals surface area contributed by atoms with Crippen LogP contribution in [-0.4, -0.2) is 31.4 Å². The molecule has 0 aliphatic carbocycles. The van der Waals surface area contributed by atoms with E-state index in [2.05, 4.69) is 15.3 Å². The highest BCUT2D eigenvalue weighted by Crippen LogP contribution is 2.40. The third-order valence-corrected chi connectivity index (χ3v) is 5.78. The third-order valence-electron chi connectivity index (χ3n) is 4.87. The largest absolute Gasteiger partial charge is 0.496 e. The van der Waals surface area contributed by atoms with Crippen molar-refractivity contribution in [3.05, 3.63) is 35.9 Å². The number of nitrogens with zero attached hydrogens (tertiary/aromatic N) is 1. The zero-order valence-corrected chi connectivity index (χ0v) is 15.8. The number of sulfonamides is 1. The Labute approximate surface area is 155 Å². The minimum Gasteiger partial charge on any atom is -0.496 e. The van der Waals surface area contributed by atoms with Gasteiger partial charge in [0.15, 0.2) is 0 Å². The normalized spacial score (nSPS) is 15.6. The van der Waals surface area contributed by atoms with E-state index >= 15 is 0 Å². The molecule has 0 saturated carbocycles. The van der Waals surface area contributed by atoms with Crippen molar-refractivity contribution in [2.45, 2.75) is 24.2 Å². The fraction of sp³-hybridized carbons (Fsp3) is 0.222. The van der Waals surface area contributed by atoms with Gasteiger partial charge in [-0.2, -0.15) is 0 Å². The number of hydrogen-bond donors (Lipinski definition) is 3. The number of imidazole rings is 1. The van der Waals surface area contributed by atoms with Gasteiger partial charge in [-0.3, -0.25) is 4.79 Å². The Hall–Kier alpha value is -2.91. The fourth-order valence-corrected chi connectivity index (χ4v) is 3.78. The van der Waals surface area contributed by atoms with Gasteiger partial charge in [0.05, 0.1) is 34.0 Å². The van der Waals surface area contributed by atoms with Gasteiger partial charge < -0.3 is 15.0 Å². The number of fused-ring (bicyclic) bond motifs is 2. The summed E-state index contributed by atoms with van der Waals surface area (Å²) in [6, 6.07) is 8.09. The summed E-state index contributed by atoms with van der Waals surface area (Å²) in [5.41, 5.74) is 3.06. The molecule has 4 rings (SSSR count). The molecule has 1 aromatic heterocycles. The molecule has 2 aromatic carbocycles. The zero-order chi connectivity index (χ0) is 19.6. The highest BCUT2D eigenvalue weighted by molar-refractivity contribution is 7.89. The van der Waals surface area contributed by atoms with E-state index in [4.69, 9.17) is 9.88 Å². The number of anilines is 1. The quantitative estimate of drug-likeness (QED) is 0.635.